The van der Waals surface area contributed by atoms with Gasteiger partial charge in [-0.3, -0.25) is 9.78 Å². The van der Waals surface area contributed by atoms with Gasteiger partial charge in [0.05, 0.1) is 30.5 Å². The molecule has 1 amide bonds. The summed E-state index contributed by atoms with van der Waals surface area (Å²) in [6, 6.07) is 1.04. The number of carbonyl (C=O) groups excluding carboxylic acids is 1. The fourth-order valence-corrected chi connectivity index (χ4v) is 1.29. The van der Waals surface area contributed by atoms with E-state index < -0.39 is 30.5 Å². The van der Waals surface area contributed by atoms with Gasteiger partial charge in [-0.05, 0) is 12.5 Å². The van der Waals surface area contributed by atoms with Crippen molar-refractivity contribution in [3.05, 3.63) is 29.8 Å². The number of halogens is 1. The van der Waals surface area contributed by atoms with Crippen LogP contribution in [0.4, 0.5) is 4.39 Å². The largest absolute Gasteiger partial charge is 0.394 e. The summed E-state index contributed by atoms with van der Waals surface area (Å²) in [4.78, 5) is 15.3. The predicted molar refractivity (Wildman–Crippen MR) is 58.9 cm³/mol. The molecule has 1 heterocycles. The van der Waals surface area contributed by atoms with Gasteiger partial charge in [-0.1, -0.05) is 6.92 Å². The number of amides is 1. The van der Waals surface area contributed by atoms with E-state index in [0.717, 1.165) is 12.3 Å². The van der Waals surface area contributed by atoms with Crippen LogP contribution >= 0.6 is 0 Å². The average molecular weight is 242 g/mol. The summed E-state index contributed by atoms with van der Waals surface area (Å²) in [5.74, 6) is -1.20. The maximum atomic E-state index is 12.9. The molecule has 0 saturated carbocycles. The van der Waals surface area contributed by atoms with Crippen LogP contribution in [0.25, 0.3) is 0 Å². The topological polar surface area (TPSA) is 82.5 Å². The third kappa shape index (κ3) is 3.21. The highest BCUT2D eigenvalue weighted by Gasteiger charge is 2.29. The second kappa shape index (κ2) is 5.70. The van der Waals surface area contributed by atoms with Crippen molar-refractivity contribution in [2.45, 2.75) is 18.9 Å². The number of rotatable bonds is 5. The number of aromatic nitrogens is 1. The monoisotopic (exact) mass is 242 g/mol. The Morgan fingerprint density at radius 2 is 2.12 bits per heavy atom. The molecule has 1 aromatic heterocycles. The van der Waals surface area contributed by atoms with Gasteiger partial charge in [0.15, 0.2) is 0 Å². The zero-order valence-electron chi connectivity index (χ0n) is 9.48. The first-order chi connectivity index (χ1) is 8.06. The van der Waals surface area contributed by atoms with Crippen molar-refractivity contribution in [1.29, 1.82) is 0 Å². The van der Waals surface area contributed by atoms with Gasteiger partial charge in [0, 0.05) is 6.20 Å². The van der Waals surface area contributed by atoms with Gasteiger partial charge in [-0.25, -0.2) is 4.39 Å². The van der Waals surface area contributed by atoms with Crippen LogP contribution in [-0.4, -0.2) is 39.9 Å². The van der Waals surface area contributed by atoms with E-state index in [0.29, 0.717) is 6.42 Å². The lowest BCUT2D eigenvalue weighted by Crippen LogP contribution is -2.53. The standard InChI is InChI=1S/C11H15FN2O3/c1-2-11(6-15,7-16)14-10(17)8-3-9(12)5-13-4-8/h3-5,15-16H,2,6-7H2,1H3,(H,14,17). The summed E-state index contributed by atoms with van der Waals surface area (Å²) < 4.78 is 12.9. The highest BCUT2D eigenvalue weighted by atomic mass is 19.1. The predicted octanol–water partition coefficient (Wildman–Crippen LogP) is 0.0839. The number of aliphatic hydroxyl groups excluding tert-OH is 2. The molecule has 0 aliphatic rings. The van der Waals surface area contributed by atoms with E-state index in [-0.39, 0.29) is 5.56 Å². The third-order valence-corrected chi connectivity index (χ3v) is 2.63. The Labute approximate surface area is 98.3 Å². The van der Waals surface area contributed by atoms with E-state index in [9.17, 15) is 9.18 Å². The van der Waals surface area contributed by atoms with Crippen LogP contribution < -0.4 is 5.32 Å². The maximum Gasteiger partial charge on any atom is 0.253 e. The number of carbonyl (C=O) groups is 1. The Morgan fingerprint density at radius 3 is 2.59 bits per heavy atom. The maximum absolute atomic E-state index is 12.9. The number of aliphatic hydroxyl groups is 2. The van der Waals surface area contributed by atoms with Gasteiger partial charge in [-0.2, -0.15) is 0 Å². The first-order valence-corrected chi connectivity index (χ1v) is 5.21. The zero-order valence-corrected chi connectivity index (χ0v) is 9.48. The molecule has 0 bridgehead atoms. The van der Waals surface area contributed by atoms with Crippen LogP contribution in [0, 0.1) is 5.82 Å². The Morgan fingerprint density at radius 1 is 1.47 bits per heavy atom. The minimum atomic E-state index is -1.09. The van der Waals surface area contributed by atoms with Crippen molar-refractivity contribution in [3.63, 3.8) is 0 Å². The lowest BCUT2D eigenvalue weighted by atomic mass is 9.98. The highest BCUT2D eigenvalue weighted by molar-refractivity contribution is 5.94. The van der Waals surface area contributed by atoms with Gasteiger partial charge >= 0.3 is 0 Å². The van der Waals surface area contributed by atoms with Gasteiger partial charge in [-0.15, -0.1) is 0 Å². The summed E-state index contributed by atoms with van der Waals surface area (Å²) in [6.45, 7) is 0.930. The summed E-state index contributed by atoms with van der Waals surface area (Å²) in [7, 11) is 0. The quantitative estimate of drug-likeness (QED) is 0.683. The molecule has 3 N–H and O–H groups in total. The Kier molecular flexibility index (Phi) is 4.53. The van der Waals surface area contributed by atoms with Crippen molar-refractivity contribution < 1.29 is 19.4 Å². The summed E-state index contributed by atoms with van der Waals surface area (Å²) in [5.41, 5.74) is -1.05. The second-order valence-electron chi connectivity index (χ2n) is 3.80. The van der Waals surface area contributed by atoms with E-state index in [1.165, 1.54) is 6.20 Å². The van der Waals surface area contributed by atoms with Crippen molar-refractivity contribution in [2.75, 3.05) is 13.2 Å². The summed E-state index contributed by atoms with van der Waals surface area (Å²) >= 11 is 0. The lowest BCUT2D eigenvalue weighted by molar-refractivity contribution is 0.0652. The molecule has 5 nitrogen and oxygen atoms in total. The smallest absolute Gasteiger partial charge is 0.253 e. The zero-order chi connectivity index (χ0) is 12.9. The SMILES string of the molecule is CCC(CO)(CO)NC(=O)c1cncc(F)c1. The number of hydrogen-bond acceptors (Lipinski definition) is 4. The van der Waals surface area contributed by atoms with Crippen LogP contribution in [0.2, 0.25) is 0 Å². The van der Waals surface area contributed by atoms with Gasteiger partial charge in [0.1, 0.15) is 5.82 Å². The van der Waals surface area contributed by atoms with Crippen LogP contribution in [0.5, 0.6) is 0 Å². The second-order valence-corrected chi connectivity index (χ2v) is 3.80. The molecule has 0 aliphatic heterocycles. The molecule has 0 aliphatic carbocycles. The molecule has 0 radical (unpaired) electrons. The molecule has 0 aromatic carbocycles. The number of pyridine rings is 1. The van der Waals surface area contributed by atoms with E-state index in [4.69, 9.17) is 10.2 Å². The molecular formula is C11H15FN2O3. The van der Waals surface area contributed by atoms with Crippen LogP contribution in [0.15, 0.2) is 18.5 Å². The molecular weight excluding hydrogens is 227 g/mol. The Hall–Kier alpha value is -1.53. The van der Waals surface area contributed by atoms with Gasteiger partial charge in [0.25, 0.3) is 5.91 Å². The average Bonchev–Trinajstić information content (AvgIpc) is 2.36. The van der Waals surface area contributed by atoms with E-state index in [2.05, 4.69) is 10.3 Å². The highest BCUT2D eigenvalue weighted by Crippen LogP contribution is 2.10. The van der Waals surface area contributed by atoms with E-state index in [1.807, 2.05) is 0 Å². The summed E-state index contributed by atoms with van der Waals surface area (Å²) in [5, 5.41) is 20.8. The van der Waals surface area contributed by atoms with Crippen LogP contribution in [-0.2, 0) is 0 Å². The minimum Gasteiger partial charge on any atom is -0.394 e. The summed E-state index contributed by atoms with van der Waals surface area (Å²) in [6.07, 6.45) is 2.56. The van der Waals surface area contributed by atoms with Crippen LogP contribution in [0.1, 0.15) is 23.7 Å². The van der Waals surface area contributed by atoms with Crippen molar-refractivity contribution >= 4 is 5.91 Å². The first-order valence-electron chi connectivity index (χ1n) is 5.21. The van der Waals surface area contributed by atoms with Crippen molar-refractivity contribution in [2.24, 2.45) is 0 Å². The minimum absolute atomic E-state index is 0.0460. The fraction of sp³-hybridized carbons (Fsp3) is 0.455. The molecule has 1 rings (SSSR count). The first kappa shape index (κ1) is 13.5. The van der Waals surface area contributed by atoms with E-state index in [1.54, 1.807) is 6.92 Å². The number of nitrogens with zero attached hydrogens (tertiary/aromatic N) is 1. The molecule has 0 saturated heterocycles. The molecule has 0 spiro atoms. The normalized spacial score (nSPS) is 11.3. The fourth-order valence-electron chi connectivity index (χ4n) is 1.29. The lowest BCUT2D eigenvalue weighted by Gasteiger charge is -2.29. The van der Waals surface area contributed by atoms with Gasteiger partial charge in [0.2, 0.25) is 0 Å². The van der Waals surface area contributed by atoms with Crippen LogP contribution in [0.3, 0.4) is 0 Å². The molecule has 0 unspecified atom stereocenters. The number of nitrogens with one attached hydrogen (secondary N) is 1. The Bertz CT molecular complexity index is 386. The molecule has 6 heteroatoms. The molecule has 94 valence electrons. The molecule has 0 atom stereocenters. The van der Waals surface area contributed by atoms with E-state index >= 15 is 0 Å². The van der Waals surface area contributed by atoms with Gasteiger partial charge < -0.3 is 15.5 Å². The Balaban J connectivity index is 2.84. The van der Waals surface area contributed by atoms with Crippen molar-refractivity contribution in [3.8, 4) is 0 Å². The number of hydrogen-bond donors (Lipinski definition) is 3. The molecule has 17 heavy (non-hydrogen) atoms. The van der Waals surface area contributed by atoms with Crippen molar-refractivity contribution in [1.82, 2.24) is 10.3 Å². The third-order valence-electron chi connectivity index (χ3n) is 2.63. The molecule has 0 fully saturated rings. The molecule has 1 aromatic rings.